The Morgan fingerprint density at radius 1 is 1.20 bits per heavy atom. The average molecular weight is 166 g/mol. The second kappa shape index (κ2) is 4.57. The molecule has 0 fully saturated rings. The van der Waals surface area contributed by atoms with E-state index in [1.807, 2.05) is 0 Å². The zero-order valence-electron chi connectivity index (χ0n) is 1.89. The van der Waals surface area contributed by atoms with E-state index in [1.54, 1.807) is 0 Å². The van der Waals surface area contributed by atoms with Gasteiger partial charge in [-0.1, -0.05) is 0 Å². The molecule has 0 aromatic rings. The third kappa shape index (κ3) is 4.57. The fraction of sp³-hybridized carbons (Fsp3) is 0. The molecule has 0 saturated carbocycles. The molecule has 0 rings (SSSR count). The average Bonchev–Trinajstić information content (AvgIpc) is 1.41. The predicted molar refractivity (Wildman–Crippen MR) is 2.46 cm³/mol. The molecule has 0 spiro atoms. The molecular formula is Co2O3. The van der Waals surface area contributed by atoms with E-state index in [-0.39, 0.29) is 0 Å². The van der Waals surface area contributed by atoms with E-state index in [0.717, 1.165) is 0 Å². The second-order valence-corrected chi connectivity index (χ2v) is 1.23. The van der Waals surface area contributed by atoms with Gasteiger partial charge in [0.15, 0.2) is 0 Å². The van der Waals surface area contributed by atoms with Gasteiger partial charge in [0.1, 0.15) is 0 Å². The van der Waals surface area contributed by atoms with Crippen molar-refractivity contribution in [2.45, 2.75) is 0 Å². The monoisotopic (exact) mass is 166 g/mol. The topological polar surface area (TPSA) is 43.4 Å². The van der Waals surface area contributed by atoms with E-state index in [2.05, 4.69) is 2.96 Å². The van der Waals surface area contributed by atoms with E-state index in [4.69, 9.17) is 7.73 Å². The van der Waals surface area contributed by atoms with Gasteiger partial charge in [-0.25, -0.2) is 0 Å². The Morgan fingerprint density at radius 3 is 1.60 bits per heavy atom. The van der Waals surface area contributed by atoms with E-state index in [0.29, 0.717) is 0 Å². The van der Waals surface area contributed by atoms with Crippen molar-refractivity contribution in [1.29, 1.82) is 0 Å². The van der Waals surface area contributed by atoms with Crippen LogP contribution in [-0.4, -0.2) is 0 Å². The van der Waals surface area contributed by atoms with Crippen LogP contribution >= 0.6 is 0 Å². The van der Waals surface area contributed by atoms with E-state index in [9.17, 15) is 0 Å². The molecule has 0 aliphatic rings. The molecule has 0 aliphatic heterocycles. The van der Waals surface area contributed by atoms with Crippen LogP contribution in [0, 0.1) is 0 Å². The quantitative estimate of drug-likeness (QED) is 0.564. The van der Waals surface area contributed by atoms with Gasteiger partial charge >= 0.3 is 40.6 Å². The fourth-order valence-electron chi connectivity index (χ4n) is 0.00756. The first-order chi connectivity index (χ1) is 2.41. The summed E-state index contributed by atoms with van der Waals surface area (Å²) in [6, 6.07) is 0. The van der Waals surface area contributed by atoms with Crippen LogP contribution in [0.1, 0.15) is 0 Å². The summed E-state index contributed by atoms with van der Waals surface area (Å²) < 4.78 is 21.8. The van der Waals surface area contributed by atoms with Crippen molar-refractivity contribution < 1.29 is 40.6 Å². The molecule has 0 amide bonds. The summed E-state index contributed by atoms with van der Waals surface area (Å²) in [4.78, 5) is 0. The molecule has 5 heteroatoms. The van der Waals surface area contributed by atoms with E-state index in [1.165, 1.54) is 0 Å². The minimum atomic E-state index is -0.523. The van der Waals surface area contributed by atoms with Crippen molar-refractivity contribution in [1.82, 2.24) is 0 Å². The summed E-state index contributed by atoms with van der Waals surface area (Å²) in [7, 11) is 0. The van der Waals surface area contributed by atoms with Gasteiger partial charge in [0.25, 0.3) is 0 Å². The normalized spacial score (nSPS) is 9.60. The molecule has 36 valence electrons. The fourth-order valence-corrected chi connectivity index (χ4v) is 0.129. The maximum atomic E-state index is 9.07. The molecule has 5 heavy (non-hydrogen) atoms. The molecule has 0 atom stereocenters. The number of rotatable bonds is 2. The van der Waals surface area contributed by atoms with Crippen molar-refractivity contribution in [2.75, 3.05) is 0 Å². The van der Waals surface area contributed by atoms with Gasteiger partial charge in [0, 0.05) is 0 Å². The van der Waals surface area contributed by atoms with Crippen LogP contribution in [0.5, 0.6) is 0 Å². The third-order valence-corrected chi connectivity index (χ3v) is 0.630. The summed E-state index contributed by atoms with van der Waals surface area (Å²) in [6.07, 6.45) is 0. The van der Waals surface area contributed by atoms with Crippen LogP contribution in [0.25, 0.3) is 0 Å². The Labute approximate surface area is 41.1 Å². The zero-order chi connectivity index (χ0) is 4.12. The van der Waals surface area contributed by atoms with Crippen LogP contribution in [0.2, 0.25) is 0 Å². The molecule has 0 heterocycles. The molecule has 0 bridgehead atoms. The molecule has 3 nitrogen and oxygen atoms in total. The predicted octanol–water partition coefficient (Wildman–Crippen LogP) is -0.311. The molecule has 0 aromatic carbocycles. The van der Waals surface area contributed by atoms with Gasteiger partial charge in [-0.15, -0.1) is 0 Å². The summed E-state index contributed by atoms with van der Waals surface area (Å²) in [5, 5.41) is 0. The van der Waals surface area contributed by atoms with Gasteiger partial charge in [-0.3, -0.25) is 0 Å². The van der Waals surface area contributed by atoms with Gasteiger partial charge < -0.3 is 0 Å². The standard InChI is InChI=1S/2Co.3O. The molecule has 0 aromatic heterocycles. The van der Waals surface area contributed by atoms with Crippen molar-refractivity contribution in [3.8, 4) is 0 Å². The van der Waals surface area contributed by atoms with Crippen LogP contribution in [0.15, 0.2) is 0 Å². The van der Waals surface area contributed by atoms with Gasteiger partial charge in [0.05, 0.1) is 0 Å². The summed E-state index contributed by atoms with van der Waals surface area (Å²) >= 11 is -1.05. The Balaban J connectivity index is 2.65. The molecule has 0 unspecified atom stereocenters. The van der Waals surface area contributed by atoms with E-state index >= 15 is 0 Å². The van der Waals surface area contributed by atoms with Gasteiger partial charge in [-0.2, -0.15) is 0 Å². The Bertz CT molecular complexity index is 34.2. The molecule has 0 saturated heterocycles. The summed E-state index contributed by atoms with van der Waals surface area (Å²) in [6.45, 7) is 0. The van der Waals surface area contributed by atoms with E-state index < -0.39 is 29.9 Å². The Morgan fingerprint density at radius 2 is 1.60 bits per heavy atom. The Hall–Kier alpha value is 0.573. The van der Waals surface area contributed by atoms with Crippen molar-refractivity contribution in [2.24, 2.45) is 0 Å². The molecular weight excluding hydrogens is 166 g/mol. The first kappa shape index (κ1) is 5.57. The summed E-state index contributed by atoms with van der Waals surface area (Å²) in [5.41, 5.74) is 0. The van der Waals surface area contributed by atoms with Crippen molar-refractivity contribution in [3.05, 3.63) is 0 Å². The molecule has 0 aliphatic carbocycles. The minimum absolute atomic E-state index is 0.523. The number of hydrogen-bond acceptors (Lipinski definition) is 3. The van der Waals surface area contributed by atoms with Crippen molar-refractivity contribution >= 4 is 0 Å². The first-order valence-corrected chi connectivity index (χ1v) is 2.24. The first-order valence-electron chi connectivity index (χ1n) is 0.544. The summed E-state index contributed by atoms with van der Waals surface area (Å²) in [5.74, 6) is 0. The van der Waals surface area contributed by atoms with Gasteiger partial charge in [-0.05, 0) is 0 Å². The SMILES string of the molecule is [O]=[Co][O][Co]=[O]. The van der Waals surface area contributed by atoms with Gasteiger partial charge in [0.2, 0.25) is 0 Å². The van der Waals surface area contributed by atoms with Crippen molar-refractivity contribution in [3.63, 3.8) is 0 Å². The van der Waals surface area contributed by atoms with Crippen LogP contribution in [0.4, 0.5) is 0 Å². The van der Waals surface area contributed by atoms with Crippen LogP contribution in [0.3, 0.4) is 0 Å². The number of hydrogen-bond donors (Lipinski definition) is 0. The third-order valence-electron chi connectivity index (χ3n) is 0.0370. The second-order valence-electron chi connectivity index (χ2n) is 0.156. The maximum absolute atomic E-state index is 9.07. The molecule has 0 N–H and O–H groups in total. The van der Waals surface area contributed by atoms with Crippen LogP contribution in [-0.2, 0) is 40.6 Å². The Kier molecular flexibility index (Phi) is 5.10. The zero-order valence-corrected chi connectivity index (χ0v) is 3.97. The molecule has 0 radical (unpaired) electrons. The van der Waals surface area contributed by atoms with Crippen LogP contribution < -0.4 is 0 Å².